The number of ether oxygens (including phenoxy) is 1. The maximum Gasteiger partial charge on any atom is 0.267 e. The highest BCUT2D eigenvalue weighted by Gasteiger charge is 2.59. The number of nitrogens with one attached hydrogen (secondary N) is 2. The van der Waals surface area contributed by atoms with Gasteiger partial charge >= 0.3 is 0 Å². The van der Waals surface area contributed by atoms with Crippen LogP contribution in [0.2, 0.25) is 0 Å². The summed E-state index contributed by atoms with van der Waals surface area (Å²) in [5.74, 6) is -0.200. The average molecular weight is 266 g/mol. The number of rotatable bonds is 5. The van der Waals surface area contributed by atoms with Crippen LogP contribution in [-0.4, -0.2) is 40.9 Å². The molecule has 0 spiro atoms. The van der Waals surface area contributed by atoms with Crippen LogP contribution in [0.5, 0.6) is 0 Å². The predicted octanol–water partition coefficient (Wildman–Crippen LogP) is 1.31. The van der Waals surface area contributed by atoms with E-state index in [4.69, 9.17) is 4.74 Å². The molecule has 1 aromatic rings. The molecule has 1 fully saturated rings. The second kappa shape index (κ2) is 4.98. The molecule has 3 N–H and O–H groups in total. The highest BCUT2D eigenvalue weighted by atomic mass is 16.5. The van der Waals surface area contributed by atoms with E-state index < -0.39 is 5.60 Å². The fourth-order valence-corrected chi connectivity index (χ4v) is 2.56. The standard InChI is InChI=1S/C14H22N2O3/c1-4-19-11-8-14(18,13(11,2)3)9-16-12(17)10-6-5-7-15-10/h5-7,11,15,18H,4,8-9H2,1-3H3,(H,16,17)/t11-,14+/m0/s1. The van der Waals surface area contributed by atoms with Crippen LogP contribution in [0.1, 0.15) is 37.7 Å². The fourth-order valence-electron chi connectivity index (χ4n) is 2.56. The van der Waals surface area contributed by atoms with Crippen LogP contribution in [0.25, 0.3) is 0 Å². The molecule has 5 nitrogen and oxygen atoms in total. The van der Waals surface area contributed by atoms with E-state index in [9.17, 15) is 9.90 Å². The van der Waals surface area contributed by atoms with Gasteiger partial charge in [0, 0.05) is 31.2 Å². The van der Waals surface area contributed by atoms with Crippen molar-refractivity contribution < 1.29 is 14.6 Å². The first-order valence-corrected chi connectivity index (χ1v) is 6.66. The zero-order valence-corrected chi connectivity index (χ0v) is 11.7. The third kappa shape index (κ3) is 2.40. The summed E-state index contributed by atoms with van der Waals surface area (Å²) in [6.45, 7) is 6.76. The molecule has 2 rings (SSSR count). The zero-order valence-electron chi connectivity index (χ0n) is 11.7. The lowest BCUT2D eigenvalue weighted by molar-refractivity contribution is -0.237. The van der Waals surface area contributed by atoms with Gasteiger partial charge in [0.15, 0.2) is 0 Å². The minimum atomic E-state index is -0.908. The Kier molecular flexibility index (Phi) is 3.69. The van der Waals surface area contributed by atoms with Gasteiger partial charge in [-0.05, 0) is 19.1 Å². The number of H-pyrrole nitrogens is 1. The lowest BCUT2D eigenvalue weighted by atomic mass is 9.56. The normalized spacial score (nSPS) is 28.7. The van der Waals surface area contributed by atoms with Crippen molar-refractivity contribution in [3.8, 4) is 0 Å². The Morgan fingerprint density at radius 1 is 1.63 bits per heavy atom. The van der Waals surface area contributed by atoms with Crippen molar-refractivity contribution in [2.24, 2.45) is 5.41 Å². The first kappa shape index (κ1) is 14.1. The Balaban J connectivity index is 1.91. The number of carbonyl (C=O) groups excluding carboxylic acids is 1. The molecule has 1 saturated carbocycles. The molecule has 2 atom stereocenters. The Hall–Kier alpha value is -1.33. The van der Waals surface area contributed by atoms with Crippen molar-refractivity contribution >= 4 is 5.91 Å². The van der Waals surface area contributed by atoms with Crippen LogP contribution in [0, 0.1) is 5.41 Å². The number of aromatic nitrogens is 1. The van der Waals surface area contributed by atoms with Crippen molar-refractivity contribution in [1.82, 2.24) is 10.3 Å². The van der Waals surface area contributed by atoms with Gasteiger partial charge in [0.2, 0.25) is 0 Å². The van der Waals surface area contributed by atoms with E-state index in [0.717, 1.165) is 0 Å². The molecule has 1 aliphatic carbocycles. The van der Waals surface area contributed by atoms with Crippen molar-refractivity contribution in [2.45, 2.75) is 38.9 Å². The summed E-state index contributed by atoms with van der Waals surface area (Å²) in [5.41, 5.74) is -0.761. The van der Waals surface area contributed by atoms with Crippen LogP contribution < -0.4 is 5.32 Å². The van der Waals surface area contributed by atoms with Crippen molar-refractivity contribution in [3.05, 3.63) is 24.0 Å². The SMILES string of the molecule is CCO[C@H]1C[C@@](O)(CNC(=O)c2ccc[nH]2)C1(C)C. The van der Waals surface area contributed by atoms with E-state index in [-0.39, 0.29) is 24.0 Å². The second-order valence-electron chi connectivity index (χ2n) is 5.67. The van der Waals surface area contributed by atoms with Gasteiger partial charge in [-0.25, -0.2) is 0 Å². The van der Waals surface area contributed by atoms with Crippen molar-refractivity contribution in [2.75, 3.05) is 13.2 Å². The van der Waals surface area contributed by atoms with E-state index in [2.05, 4.69) is 10.3 Å². The minimum absolute atomic E-state index is 0.0462. The van der Waals surface area contributed by atoms with Gasteiger partial charge < -0.3 is 20.1 Å². The van der Waals surface area contributed by atoms with E-state index >= 15 is 0 Å². The number of aliphatic hydroxyl groups is 1. The molecule has 106 valence electrons. The van der Waals surface area contributed by atoms with Gasteiger partial charge in [-0.2, -0.15) is 0 Å². The van der Waals surface area contributed by atoms with Crippen LogP contribution in [0.3, 0.4) is 0 Å². The van der Waals surface area contributed by atoms with Gasteiger partial charge in [0.05, 0.1) is 11.7 Å². The summed E-state index contributed by atoms with van der Waals surface area (Å²) in [7, 11) is 0. The average Bonchev–Trinajstić information content (AvgIpc) is 2.89. The van der Waals surface area contributed by atoms with Crippen molar-refractivity contribution in [1.29, 1.82) is 0 Å². The van der Waals surface area contributed by atoms with Crippen molar-refractivity contribution in [3.63, 3.8) is 0 Å². The third-order valence-corrected chi connectivity index (χ3v) is 4.28. The number of aromatic amines is 1. The summed E-state index contributed by atoms with van der Waals surface area (Å²) in [4.78, 5) is 14.7. The summed E-state index contributed by atoms with van der Waals surface area (Å²) in [6, 6.07) is 3.47. The summed E-state index contributed by atoms with van der Waals surface area (Å²) in [6.07, 6.45) is 2.30. The molecule has 0 aromatic carbocycles. The molecule has 1 amide bonds. The maximum atomic E-state index is 11.8. The third-order valence-electron chi connectivity index (χ3n) is 4.28. The molecular formula is C14H22N2O3. The summed E-state index contributed by atoms with van der Waals surface area (Å²) in [5, 5.41) is 13.3. The van der Waals surface area contributed by atoms with Gasteiger partial charge in [-0.3, -0.25) is 4.79 Å². The number of carbonyl (C=O) groups is 1. The molecule has 1 aliphatic rings. The molecule has 0 unspecified atom stereocenters. The molecule has 5 heteroatoms. The zero-order chi connectivity index (χ0) is 14.1. The fraction of sp³-hybridized carbons (Fsp3) is 0.643. The molecule has 0 aliphatic heterocycles. The largest absolute Gasteiger partial charge is 0.387 e. The van der Waals surface area contributed by atoms with Gasteiger partial charge in [-0.15, -0.1) is 0 Å². The van der Waals surface area contributed by atoms with Gasteiger partial charge in [0.25, 0.3) is 5.91 Å². The summed E-state index contributed by atoms with van der Waals surface area (Å²) >= 11 is 0. The molecule has 0 radical (unpaired) electrons. The highest BCUT2D eigenvalue weighted by Crippen LogP contribution is 2.50. The van der Waals surface area contributed by atoms with E-state index in [1.165, 1.54) is 0 Å². The van der Waals surface area contributed by atoms with E-state index in [1.54, 1.807) is 18.3 Å². The van der Waals surface area contributed by atoms with E-state index in [1.807, 2.05) is 20.8 Å². The first-order valence-electron chi connectivity index (χ1n) is 6.66. The molecule has 0 saturated heterocycles. The molecular weight excluding hydrogens is 244 g/mol. The Bertz CT molecular complexity index is 442. The quantitative estimate of drug-likeness (QED) is 0.752. The first-order chi connectivity index (χ1) is 8.90. The van der Waals surface area contributed by atoms with E-state index in [0.29, 0.717) is 18.7 Å². The molecule has 0 bridgehead atoms. The lowest BCUT2D eigenvalue weighted by Gasteiger charge is -2.57. The highest BCUT2D eigenvalue weighted by molar-refractivity contribution is 5.92. The smallest absolute Gasteiger partial charge is 0.267 e. The number of hydrogen-bond acceptors (Lipinski definition) is 3. The minimum Gasteiger partial charge on any atom is -0.387 e. The Morgan fingerprint density at radius 2 is 2.37 bits per heavy atom. The molecule has 1 aromatic heterocycles. The number of amides is 1. The van der Waals surface area contributed by atoms with Crippen LogP contribution >= 0.6 is 0 Å². The topological polar surface area (TPSA) is 74.3 Å². The molecule has 1 heterocycles. The van der Waals surface area contributed by atoms with Gasteiger partial charge in [-0.1, -0.05) is 13.8 Å². The lowest BCUT2D eigenvalue weighted by Crippen LogP contribution is -2.68. The predicted molar refractivity (Wildman–Crippen MR) is 71.9 cm³/mol. The van der Waals surface area contributed by atoms with Gasteiger partial charge in [0.1, 0.15) is 5.69 Å². The number of hydrogen-bond donors (Lipinski definition) is 3. The second-order valence-corrected chi connectivity index (χ2v) is 5.67. The summed E-state index contributed by atoms with van der Waals surface area (Å²) < 4.78 is 5.59. The Labute approximate surface area is 113 Å². The molecule has 19 heavy (non-hydrogen) atoms. The van der Waals surface area contributed by atoms with Crippen LogP contribution in [-0.2, 0) is 4.74 Å². The van der Waals surface area contributed by atoms with Crippen LogP contribution in [0.4, 0.5) is 0 Å². The monoisotopic (exact) mass is 266 g/mol. The maximum absolute atomic E-state index is 11.8. The van der Waals surface area contributed by atoms with Crippen LogP contribution in [0.15, 0.2) is 18.3 Å². The Morgan fingerprint density at radius 3 is 2.89 bits per heavy atom.